The van der Waals surface area contributed by atoms with Crippen LogP contribution in [0.3, 0.4) is 0 Å². The molecule has 0 radical (unpaired) electrons. The third kappa shape index (κ3) is 4.63. The summed E-state index contributed by atoms with van der Waals surface area (Å²) in [6, 6.07) is 0. The van der Waals surface area contributed by atoms with Crippen molar-refractivity contribution in [1.29, 1.82) is 0 Å². The fourth-order valence-corrected chi connectivity index (χ4v) is 2.17. The molecule has 1 aliphatic heterocycles. The highest BCUT2D eigenvalue weighted by atomic mass is 16.6. The summed E-state index contributed by atoms with van der Waals surface area (Å²) >= 11 is 0. The lowest BCUT2D eigenvalue weighted by Gasteiger charge is -2.50. The minimum absolute atomic E-state index is 0.0128. The van der Waals surface area contributed by atoms with Gasteiger partial charge in [-0.05, 0) is 27.2 Å². The van der Waals surface area contributed by atoms with Gasteiger partial charge in [-0.3, -0.25) is 0 Å². The molecular formula is C14H25NO5. The number of ether oxygens (including phenoxy) is 3. The molecule has 3 atom stereocenters. The topological polar surface area (TPSA) is 77.4 Å². The van der Waals surface area contributed by atoms with Crippen LogP contribution in [0, 0.1) is 4.91 Å². The van der Waals surface area contributed by atoms with Gasteiger partial charge in [-0.25, -0.2) is 0 Å². The zero-order valence-electron chi connectivity index (χ0n) is 12.5. The first kappa shape index (κ1) is 17.2. The summed E-state index contributed by atoms with van der Waals surface area (Å²) in [5.74, 6) is 0. The van der Waals surface area contributed by atoms with Crippen LogP contribution in [0.2, 0.25) is 0 Å². The van der Waals surface area contributed by atoms with Gasteiger partial charge >= 0.3 is 0 Å². The van der Waals surface area contributed by atoms with Gasteiger partial charge in [0.15, 0.2) is 0 Å². The molecule has 6 nitrogen and oxygen atoms in total. The molecule has 0 bridgehead atoms. The molecule has 1 saturated heterocycles. The van der Waals surface area contributed by atoms with Gasteiger partial charge in [-0.1, -0.05) is 16.8 Å². The van der Waals surface area contributed by atoms with Gasteiger partial charge in [0.2, 0.25) is 0 Å². The van der Waals surface area contributed by atoms with Crippen molar-refractivity contribution in [2.45, 2.75) is 45.0 Å². The van der Waals surface area contributed by atoms with Gasteiger partial charge in [0.05, 0.1) is 32.5 Å². The molecule has 0 amide bonds. The van der Waals surface area contributed by atoms with Gasteiger partial charge in [0, 0.05) is 0 Å². The summed E-state index contributed by atoms with van der Waals surface area (Å²) in [5, 5.41) is 11.6. The van der Waals surface area contributed by atoms with E-state index in [4.69, 9.17) is 19.3 Å². The van der Waals surface area contributed by atoms with E-state index in [9.17, 15) is 4.91 Å². The Kier molecular flexibility index (Phi) is 7.29. The summed E-state index contributed by atoms with van der Waals surface area (Å²) < 4.78 is 17.0. The number of hydrogen-bond donors (Lipinski definition) is 1. The third-order valence-corrected chi connectivity index (χ3v) is 3.48. The summed E-state index contributed by atoms with van der Waals surface area (Å²) in [7, 11) is 0. The first-order valence-electron chi connectivity index (χ1n) is 6.95. The number of nitrogens with zero attached hydrogens (tertiary/aromatic N) is 1. The minimum Gasteiger partial charge on any atom is -0.394 e. The summed E-state index contributed by atoms with van der Waals surface area (Å²) in [4.78, 5) is 10.2. The van der Waals surface area contributed by atoms with Crippen LogP contribution in [-0.2, 0) is 14.2 Å². The molecule has 0 aromatic heterocycles. The van der Waals surface area contributed by atoms with Crippen LogP contribution >= 0.6 is 0 Å². The highest BCUT2D eigenvalue weighted by Crippen LogP contribution is 2.36. The van der Waals surface area contributed by atoms with Crippen molar-refractivity contribution in [2.24, 2.45) is 5.18 Å². The van der Waals surface area contributed by atoms with E-state index in [2.05, 4.69) is 11.3 Å². The Morgan fingerprint density at radius 1 is 1.55 bits per heavy atom. The lowest BCUT2D eigenvalue weighted by atomic mass is 9.85. The van der Waals surface area contributed by atoms with Gasteiger partial charge in [0.25, 0.3) is 0 Å². The number of aliphatic hydroxyl groups excluding tert-OH is 1. The van der Waals surface area contributed by atoms with Crippen LogP contribution in [0.4, 0.5) is 0 Å². The second kappa shape index (κ2) is 8.46. The van der Waals surface area contributed by atoms with Crippen molar-refractivity contribution in [2.75, 3.05) is 33.0 Å². The molecule has 1 fully saturated rings. The smallest absolute Gasteiger partial charge is 0.120 e. The molecule has 1 aliphatic rings. The number of rotatable bonds is 10. The molecular weight excluding hydrogens is 262 g/mol. The second-order valence-electron chi connectivity index (χ2n) is 5.31. The average Bonchev–Trinajstić information content (AvgIpc) is 2.41. The van der Waals surface area contributed by atoms with E-state index in [1.165, 1.54) is 5.57 Å². The summed E-state index contributed by atoms with van der Waals surface area (Å²) in [6.45, 7) is 7.16. The Balaban J connectivity index is 2.64. The Labute approximate surface area is 120 Å². The van der Waals surface area contributed by atoms with E-state index < -0.39 is 5.60 Å². The van der Waals surface area contributed by atoms with Gasteiger partial charge in [0.1, 0.15) is 18.2 Å². The molecule has 0 spiro atoms. The van der Waals surface area contributed by atoms with Crippen LogP contribution in [-0.4, -0.2) is 55.9 Å². The molecule has 3 unspecified atom stereocenters. The van der Waals surface area contributed by atoms with E-state index >= 15 is 0 Å². The highest BCUT2D eigenvalue weighted by Gasteiger charge is 2.51. The molecule has 0 aromatic rings. The predicted molar refractivity (Wildman–Crippen MR) is 75.6 cm³/mol. The molecule has 0 aromatic carbocycles. The van der Waals surface area contributed by atoms with Crippen molar-refractivity contribution >= 4 is 0 Å². The number of hydrogen-bond acceptors (Lipinski definition) is 6. The van der Waals surface area contributed by atoms with Crippen molar-refractivity contribution in [3.63, 3.8) is 0 Å². The standard InChI is InChI=1S/C14H25NO5/c1-11(2)4-5-12(18-8-6-15-17)14(3)13(10-20-14)19-9-7-16/h4,12-13,16H,5-10H2,1-3H3. The number of allylic oxidation sites excluding steroid dienone is 1. The van der Waals surface area contributed by atoms with E-state index in [1.807, 2.05) is 20.8 Å². The fraction of sp³-hybridized carbons (Fsp3) is 0.857. The Morgan fingerprint density at radius 2 is 2.30 bits per heavy atom. The van der Waals surface area contributed by atoms with Gasteiger partial charge < -0.3 is 19.3 Å². The van der Waals surface area contributed by atoms with E-state index in [1.54, 1.807) is 0 Å². The van der Waals surface area contributed by atoms with Crippen LogP contribution in [0.1, 0.15) is 27.2 Å². The maximum Gasteiger partial charge on any atom is 0.120 e. The van der Waals surface area contributed by atoms with Crippen LogP contribution in [0.5, 0.6) is 0 Å². The van der Waals surface area contributed by atoms with Crippen molar-refractivity contribution in [3.05, 3.63) is 16.6 Å². The Morgan fingerprint density at radius 3 is 2.80 bits per heavy atom. The molecule has 1 rings (SSSR count). The SMILES string of the molecule is CC(C)=CCC(OCCN=O)C1(C)OCC1OCCO. The average molecular weight is 287 g/mol. The zero-order valence-corrected chi connectivity index (χ0v) is 12.5. The van der Waals surface area contributed by atoms with E-state index in [-0.39, 0.29) is 38.6 Å². The molecule has 20 heavy (non-hydrogen) atoms. The largest absolute Gasteiger partial charge is 0.394 e. The second-order valence-corrected chi connectivity index (χ2v) is 5.31. The Hall–Kier alpha value is -0.820. The maximum atomic E-state index is 10.2. The van der Waals surface area contributed by atoms with Gasteiger partial charge in [-0.15, -0.1) is 0 Å². The first-order valence-corrected chi connectivity index (χ1v) is 6.95. The Bertz CT molecular complexity index is 330. The van der Waals surface area contributed by atoms with Crippen molar-refractivity contribution < 1.29 is 19.3 Å². The van der Waals surface area contributed by atoms with Crippen molar-refractivity contribution in [3.8, 4) is 0 Å². The molecule has 0 aliphatic carbocycles. The zero-order chi connectivity index (χ0) is 15.0. The monoisotopic (exact) mass is 287 g/mol. The maximum absolute atomic E-state index is 10.2. The van der Waals surface area contributed by atoms with Crippen LogP contribution in [0.25, 0.3) is 0 Å². The lowest BCUT2D eigenvalue weighted by Crippen LogP contribution is -2.64. The quantitative estimate of drug-likeness (QED) is 0.375. The lowest BCUT2D eigenvalue weighted by molar-refractivity contribution is -0.290. The van der Waals surface area contributed by atoms with Gasteiger partial charge in [-0.2, -0.15) is 4.91 Å². The summed E-state index contributed by atoms with van der Waals surface area (Å²) in [5.41, 5.74) is 0.646. The highest BCUT2D eigenvalue weighted by molar-refractivity contribution is 5.04. The van der Waals surface area contributed by atoms with E-state index in [0.29, 0.717) is 13.0 Å². The molecule has 1 N–H and O–H groups in total. The molecule has 0 saturated carbocycles. The molecule has 1 heterocycles. The van der Waals surface area contributed by atoms with Crippen LogP contribution in [0.15, 0.2) is 16.8 Å². The number of nitroso groups, excluding NO2 is 1. The number of aliphatic hydroxyl groups is 1. The fourth-order valence-electron chi connectivity index (χ4n) is 2.17. The van der Waals surface area contributed by atoms with Crippen molar-refractivity contribution in [1.82, 2.24) is 0 Å². The van der Waals surface area contributed by atoms with E-state index in [0.717, 1.165) is 0 Å². The van der Waals surface area contributed by atoms with Crippen LogP contribution < -0.4 is 0 Å². The normalized spacial score (nSPS) is 26.7. The predicted octanol–water partition coefficient (Wildman–Crippen LogP) is 1.66. The third-order valence-electron chi connectivity index (χ3n) is 3.48. The minimum atomic E-state index is -0.552. The molecule has 6 heteroatoms. The first-order chi connectivity index (χ1) is 9.54. The summed E-state index contributed by atoms with van der Waals surface area (Å²) in [6.07, 6.45) is 2.47. The molecule has 116 valence electrons.